The van der Waals surface area contributed by atoms with Crippen LogP contribution in [0.15, 0.2) is 22.7 Å². The summed E-state index contributed by atoms with van der Waals surface area (Å²) in [6.07, 6.45) is -4.42. The summed E-state index contributed by atoms with van der Waals surface area (Å²) in [5.41, 5.74) is -1.86. The standard InChI is InChI=1S/C10H10BrF3O/c1-9(2,15)6-4-3-5-7(8(6)11)10(12,13)14/h3-5,15H,1-2H3. The van der Waals surface area contributed by atoms with Gasteiger partial charge in [-0.25, -0.2) is 0 Å². The van der Waals surface area contributed by atoms with Gasteiger partial charge in [0.25, 0.3) is 0 Å². The Labute approximate surface area is 94.0 Å². The van der Waals surface area contributed by atoms with E-state index in [1.54, 1.807) is 0 Å². The molecule has 5 heteroatoms. The smallest absolute Gasteiger partial charge is 0.386 e. The molecule has 0 atom stereocenters. The Morgan fingerprint density at radius 2 is 1.60 bits per heavy atom. The Morgan fingerprint density at radius 3 is 2.00 bits per heavy atom. The SMILES string of the molecule is CC(C)(O)c1cccc(C(F)(F)F)c1Br. The molecule has 0 amide bonds. The monoisotopic (exact) mass is 282 g/mol. The lowest BCUT2D eigenvalue weighted by Crippen LogP contribution is -2.18. The molecule has 1 aromatic carbocycles. The van der Waals surface area contributed by atoms with E-state index in [1.165, 1.54) is 26.0 Å². The molecule has 0 fully saturated rings. The molecular formula is C10H10BrF3O. The molecule has 0 aliphatic heterocycles. The fourth-order valence-electron chi connectivity index (χ4n) is 1.22. The molecule has 0 aliphatic rings. The molecule has 0 saturated heterocycles. The first-order valence-corrected chi connectivity index (χ1v) is 5.02. The fourth-order valence-corrected chi connectivity index (χ4v) is 2.20. The van der Waals surface area contributed by atoms with E-state index in [4.69, 9.17) is 0 Å². The van der Waals surface area contributed by atoms with Crippen LogP contribution in [0.25, 0.3) is 0 Å². The molecule has 0 bridgehead atoms. The normalized spacial score (nSPS) is 13.0. The van der Waals surface area contributed by atoms with Gasteiger partial charge in [0.05, 0.1) is 11.2 Å². The molecule has 0 aromatic heterocycles. The van der Waals surface area contributed by atoms with E-state index in [2.05, 4.69) is 15.9 Å². The van der Waals surface area contributed by atoms with Gasteiger partial charge in [-0.3, -0.25) is 0 Å². The second kappa shape index (κ2) is 3.79. The van der Waals surface area contributed by atoms with E-state index < -0.39 is 17.3 Å². The molecule has 0 radical (unpaired) electrons. The molecule has 0 unspecified atom stereocenters. The van der Waals surface area contributed by atoms with Crippen molar-refractivity contribution in [1.82, 2.24) is 0 Å². The van der Waals surface area contributed by atoms with Crippen LogP contribution in [0.2, 0.25) is 0 Å². The van der Waals surface area contributed by atoms with E-state index in [1.807, 2.05) is 0 Å². The predicted octanol–water partition coefficient (Wildman–Crippen LogP) is 3.70. The quantitative estimate of drug-likeness (QED) is 0.833. The second-order valence-corrected chi connectivity index (χ2v) is 4.52. The van der Waals surface area contributed by atoms with Crippen molar-refractivity contribution < 1.29 is 18.3 Å². The highest BCUT2D eigenvalue weighted by Gasteiger charge is 2.35. The van der Waals surface area contributed by atoms with E-state index in [0.29, 0.717) is 0 Å². The average Bonchev–Trinajstić information content (AvgIpc) is 1.99. The van der Waals surface area contributed by atoms with Gasteiger partial charge in [-0.05, 0) is 41.4 Å². The minimum atomic E-state index is -4.42. The van der Waals surface area contributed by atoms with Crippen LogP contribution >= 0.6 is 15.9 Å². The first-order chi connectivity index (χ1) is 6.64. The number of rotatable bonds is 1. The topological polar surface area (TPSA) is 20.2 Å². The zero-order valence-corrected chi connectivity index (χ0v) is 9.78. The molecule has 1 aromatic rings. The summed E-state index contributed by atoms with van der Waals surface area (Å²) in [5, 5.41) is 9.66. The van der Waals surface area contributed by atoms with Gasteiger partial charge < -0.3 is 5.11 Å². The summed E-state index contributed by atoms with van der Waals surface area (Å²) in [7, 11) is 0. The lowest BCUT2D eigenvalue weighted by atomic mass is 9.96. The van der Waals surface area contributed by atoms with Gasteiger partial charge in [0.2, 0.25) is 0 Å². The molecule has 0 heterocycles. The molecular weight excluding hydrogens is 273 g/mol. The Morgan fingerprint density at radius 1 is 1.13 bits per heavy atom. The predicted molar refractivity (Wildman–Crippen MR) is 54.4 cm³/mol. The average molecular weight is 283 g/mol. The fraction of sp³-hybridized carbons (Fsp3) is 0.400. The van der Waals surface area contributed by atoms with E-state index in [-0.39, 0.29) is 10.0 Å². The third-order valence-corrected chi connectivity index (χ3v) is 2.82. The third kappa shape index (κ3) is 2.72. The molecule has 0 saturated carbocycles. The van der Waals surface area contributed by atoms with Crippen molar-refractivity contribution in [3.05, 3.63) is 33.8 Å². The van der Waals surface area contributed by atoms with Crippen molar-refractivity contribution in [3.8, 4) is 0 Å². The summed E-state index contributed by atoms with van der Waals surface area (Å²) in [5.74, 6) is 0. The maximum absolute atomic E-state index is 12.5. The van der Waals surface area contributed by atoms with Gasteiger partial charge >= 0.3 is 6.18 Å². The summed E-state index contributed by atoms with van der Waals surface area (Å²) in [4.78, 5) is 0. The number of hydrogen-bond acceptors (Lipinski definition) is 1. The number of halogens is 4. The minimum absolute atomic E-state index is 0.106. The van der Waals surface area contributed by atoms with Crippen LogP contribution in [0.1, 0.15) is 25.0 Å². The Kier molecular flexibility index (Phi) is 3.16. The van der Waals surface area contributed by atoms with Crippen LogP contribution < -0.4 is 0 Å². The maximum atomic E-state index is 12.5. The summed E-state index contributed by atoms with van der Waals surface area (Å²) < 4.78 is 37.4. The van der Waals surface area contributed by atoms with Gasteiger partial charge in [-0.2, -0.15) is 13.2 Å². The van der Waals surface area contributed by atoms with Crippen molar-refractivity contribution in [2.45, 2.75) is 25.6 Å². The third-order valence-electron chi connectivity index (χ3n) is 1.96. The molecule has 1 nitrogen and oxygen atoms in total. The summed E-state index contributed by atoms with van der Waals surface area (Å²) in [6.45, 7) is 2.88. The van der Waals surface area contributed by atoms with Gasteiger partial charge in [0.15, 0.2) is 0 Å². The van der Waals surface area contributed by atoms with Crippen molar-refractivity contribution in [2.75, 3.05) is 0 Å². The number of aliphatic hydroxyl groups is 1. The minimum Gasteiger partial charge on any atom is -0.386 e. The molecule has 0 spiro atoms. The Hall–Kier alpha value is -0.550. The summed E-state index contributed by atoms with van der Waals surface area (Å²) in [6, 6.07) is 3.71. The van der Waals surface area contributed by atoms with Crippen LogP contribution in [-0.4, -0.2) is 5.11 Å². The number of hydrogen-bond donors (Lipinski definition) is 1. The largest absolute Gasteiger partial charge is 0.417 e. The maximum Gasteiger partial charge on any atom is 0.417 e. The van der Waals surface area contributed by atoms with Crippen LogP contribution in [0, 0.1) is 0 Å². The van der Waals surface area contributed by atoms with Crippen molar-refractivity contribution >= 4 is 15.9 Å². The lowest BCUT2D eigenvalue weighted by Gasteiger charge is -2.21. The molecule has 1 N–H and O–H groups in total. The highest BCUT2D eigenvalue weighted by molar-refractivity contribution is 9.10. The highest BCUT2D eigenvalue weighted by Crippen LogP contribution is 2.39. The highest BCUT2D eigenvalue weighted by atomic mass is 79.9. The molecule has 1 rings (SSSR count). The zero-order chi connectivity index (χ0) is 11.9. The van der Waals surface area contributed by atoms with Crippen LogP contribution in [-0.2, 0) is 11.8 Å². The van der Waals surface area contributed by atoms with Crippen molar-refractivity contribution in [1.29, 1.82) is 0 Å². The van der Waals surface area contributed by atoms with E-state index >= 15 is 0 Å². The Balaban J connectivity index is 3.37. The van der Waals surface area contributed by atoms with E-state index in [0.717, 1.165) is 6.07 Å². The van der Waals surface area contributed by atoms with E-state index in [9.17, 15) is 18.3 Å². The first-order valence-electron chi connectivity index (χ1n) is 4.22. The molecule has 84 valence electrons. The van der Waals surface area contributed by atoms with Gasteiger partial charge in [-0.1, -0.05) is 12.1 Å². The van der Waals surface area contributed by atoms with Gasteiger partial charge in [0, 0.05) is 4.47 Å². The number of alkyl halides is 3. The zero-order valence-electron chi connectivity index (χ0n) is 8.19. The second-order valence-electron chi connectivity index (χ2n) is 3.72. The molecule has 0 aliphatic carbocycles. The van der Waals surface area contributed by atoms with Crippen LogP contribution in [0.3, 0.4) is 0 Å². The summed E-state index contributed by atoms with van der Waals surface area (Å²) >= 11 is 2.87. The van der Waals surface area contributed by atoms with Crippen LogP contribution in [0.4, 0.5) is 13.2 Å². The van der Waals surface area contributed by atoms with Gasteiger partial charge in [0.1, 0.15) is 0 Å². The van der Waals surface area contributed by atoms with Crippen LogP contribution in [0.5, 0.6) is 0 Å². The van der Waals surface area contributed by atoms with Crippen molar-refractivity contribution in [2.24, 2.45) is 0 Å². The number of benzene rings is 1. The molecule has 15 heavy (non-hydrogen) atoms. The Bertz CT molecular complexity index is 334. The lowest BCUT2D eigenvalue weighted by molar-refractivity contribution is -0.138. The van der Waals surface area contributed by atoms with Gasteiger partial charge in [-0.15, -0.1) is 0 Å². The van der Waals surface area contributed by atoms with Crippen molar-refractivity contribution in [3.63, 3.8) is 0 Å². The first kappa shape index (κ1) is 12.5.